The van der Waals surface area contributed by atoms with Gasteiger partial charge in [0.25, 0.3) is 0 Å². The lowest BCUT2D eigenvalue weighted by molar-refractivity contribution is -0.274. The van der Waals surface area contributed by atoms with Crippen LogP contribution in [-0.2, 0) is 6.54 Å². The molecule has 5 nitrogen and oxygen atoms in total. The van der Waals surface area contributed by atoms with E-state index < -0.39 is 12.4 Å². The van der Waals surface area contributed by atoms with Gasteiger partial charge in [-0.25, -0.2) is 4.79 Å². The second-order valence-electron chi connectivity index (χ2n) is 3.84. The molecule has 0 spiro atoms. The number of carbonyl (C=O) groups excluding carboxylic acids is 1. The fourth-order valence-electron chi connectivity index (χ4n) is 1.39. The van der Waals surface area contributed by atoms with Crippen molar-refractivity contribution < 1.29 is 27.8 Å². The summed E-state index contributed by atoms with van der Waals surface area (Å²) in [6.45, 7) is 0.128. The van der Waals surface area contributed by atoms with E-state index in [2.05, 4.69) is 15.4 Å². The van der Waals surface area contributed by atoms with Gasteiger partial charge in [-0.3, -0.25) is 0 Å². The zero-order valence-electron chi connectivity index (χ0n) is 10.5. The number of urea groups is 1. The Hall–Kier alpha value is -1.96. The predicted octanol–water partition coefficient (Wildman–Crippen LogP) is 1.77. The van der Waals surface area contributed by atoms with E-state index in [1.54, 1.807) is 6.07 Å². The molecule has 1 rings (SSSR count). The van der Waals surface area contributed by atoms with E-state index >= 15 is 0 Å². The quantitative estimate of drug-likeness (QED) is 0.700. The summed E-state index contributed by atoms with van der Waals surface area (Å²) in [6, 6.07) is 5.03. The van der Waals surface area contributed by atoms with Crippen molar-refractivity contribution in [2.24, 2.45) is 0 Å². The highest BCUT2D eigenvalue weighted by molar-refractivity contribution is 5.73. The summed E-state index contributed by atoms with van der Waals surface area (Å²) in [4.78, 5) is 11.3. The third-order valence-corrected chi connectivity index (χ3v) is 2.26. The molecule has 0 aliphatic rings. The van der Waals surface area contributed by atoms with Crippen LogP contribution < -0.4 is 15.4 Å². The van der Waals surface area contributed by atoms with Crippen LogP contribution in [0, 0.1) is 0 Å². The van der Waals surface area contributed by atoms with Crippen LogP contribution in [0.5, 0.6) is 5.75 Å². The maximum Gasteiger partial charge on any atom is 0.573 e. The van der Waals surface area contributed by atoms with Gasteiger partial charge in [-0.2, -0.15) is 0 Å². The molecule has 20 heavy (non-hydrogen) atoms. The van der Waals surface area contributed by atoms with E-state index in [0.29, 0.717) is 6.42 Å². The molecule has 1 aromatic rings. The summed E-state index contributed by atoms with van der Waals surface area (Å²) in [5, 5.41) is 13.4. The lowest BCUT2D eigenvalue weighted by Crippen LogP contribution is -2.36. The van der Waals surface area contributed by atoms with Gasteiger partial charge in [0.05, 0.1) is 0 Å². The smallest absolute Gasteiger partial charge is 0.405 e. The monoisotopic (exact) mass is 292 g/mol. The molecule has 0 saturated heterocycles. The Bertz CT molecular complexity index is 438. The van der Waals surface area contributed by atoms with Gasteiger partial charge in [-0.15, -0.1) is 13.2 Å². The Kier molecular flexibility index (Phi) is 6.10. The van der Waals surface area contributed by atoms with E-state index in [0.717, 1.165) is 0 Å². The molecule has 8 heteroatoms. The van der Waals surface area contributed by atoms with Crippen molar-refractivity contribution in [2.45, 2.75) is 19.3 Å². The van der Waals surface area contributed by atoms with Crippen LogP contribution in [0.15, 0.2) is 24.3 Å². The van der Waals surface area contributed by atoms with Gasteiger partial charge >= 0.3 is 12.4 Å². The average molecular weight is 292 g/mol. The molecule has 0 atom stereocenters. The minimum absolute atomic E-state index is 0.0530. The maximum absolute atomic E-state index is 12.2. The lowest BCUT2D eigenvalue weighted by atomic mass is 10.2. The molecular formula is C12H15F3N2O3. The number of nitrogens with one attached hydrogen (secondary N) is 2. The molecule has 0 saturated carbocycles. The lowest BCUT2D eigenvalue weighted by Gasteiger charge is -2.13. The second-order valence-corrected chi connectivity index (χ2v) is 3.84. The Morgan fingerprint density at radius 2 is 1.95 bits per heavy atom. The number of halogens is 3. The zero-order chi connectivity index (χ0) is 15.0. The number of benzene rings is 1. The SMILES string of the molecule is O=C(NCCCO)NCc1ccccc1OC(F)(F)F. The van der Waals surface area contributed by atoms with Crippen LogP contribution in [0.3, 0.4) is 0 Å². The minimum Gasteiger partial charge on any atom is -0.405 e. The van der Waals surface area contributed by atoms with Crippen molar-refractivity contribution in [2.75, 3.05) is 13.2 Å². The van der Waals surface area contributed by atoms with E-state index in [9.17, 15) is 18.0 Å². The van der Waals surface area contributed by atoms with Crippen molar-refractivity contribution in [3.63, 3.8) is 0 Å². The van der Waals surface area contributed by atoms with E-state index in [1.165, 1.54) is 18.2 Å². The first-order chi connectivity index (χ1) is 9.42. The summed E-state index contributed by atoms with van der Waals surface area (Å²) < 4.78 is 40.4. The van der Waals surface area contributed by atoms with E-state index in [-0.39, 0.29) is 31.0 Å². The third-order valence-electron chi connectivity index (χ3n) is 2.26. The molecule has 3 N–H and O–H groups in total. The van der Waals surface area contributed by atoms with Gasteiger partial charge in [0.2, 0.25) is 0 Å². The fraction of sp³-hybridized carbons (Fsp3) is 0.417. The average Bonchev–Trinajstić information content (AvgIpc) is 2.36. The Labute approximate surface area is 113 Å². The number of ether oxygens (including phenoxy) is 1. The molecule has 0 bridgehead atoms. The molecule has 0 heterocycles. The number of para-hydroxylation sites is 1. The maximum atomic E-state index is 12.2. The van der Waals surface area contributed by atoms with Crippen molar-refractivity contribution in [3.05, 3.63) is 29.8 Å². The Morgan fingerprint density at radius 3 is 2.60 bits per heavy atom. The second kappa shape index (κ2) is 7.59. The van der Waals surface area contributed by atoms with Gasteiger partial charge in [0, 0.05) is 25.3 Å². The van der Waals surface area contributed by atoms with Gasteiger partial charge in [-0.1, -0.05) is 18.2 Å². The van der Waals surface area contributed by atoms with E-state index in [4.69, 9.17) is 5.11 Å². The largest absolute Gasteiger partial charge is 0.573 e. The van der Waals surface area contributed by atoms with Crippen LogP contribution in [-0.4, -0.2) is 30.7 Å². The summed E-state index contributed by atoms with van der Waals surface area (Å²) in [5.74, 6) is -0.351. The molecule has 0 aliphatic carbocycles. The first-order valence-corrected chi connectivity index (χ1v) is 5.88. The van der Waals surface area contributed by atoms with Crippen molar-refractivity contribution in [3.8, 4) is 5.75 Å². The molecule has 112 valence electrons. The summed E-state index contributed by atoms with van der Waals surface area (Å²) in [6.07, 6.45) is -4.37. The molecule has 0 aromatic heterocycles. The number of aliphatic hydroxyl groups is 1. The summed E-state index contributed by atoms with van der Waals surface area (Å²) >= 11 is 0. The molecule has 2 amide bonds. The normalized spacial score (nSPS) is 11.0. The number of hydrogen-bond donors (Lipinski definition) is 3. The first kappa shape index (κ1) is 16.1. The number of alkyl halides is 3. The minimum atomic E-state index is -4.78. The summed E-state index contributed by atoms with van der Waals surface area (Å²) in [7, 11) is 0. The molecular weight excluding hydrogens is 277 g/mol. The molecule has 0 radical (unpaired) electrons. The fourth-order valence-corrected chi connectivity index (χ4v) is 1.39. The molecule has 0 aliphatic heterocycles. The van der Waals surface area contributed by atoms with Gasteiger partial charge in [0.15, 0.2) is 0 Å². The standard InChI is InChI=1S/C12H15F3N2O3/c13-12(14,15)20-10-5-2-1-4-9(10)8-17-11(19)16-6-3-7-18/h1-2,4-5,18H,3,6-8H2,(H2,16,17,19). The van der Waals surface area contributed by atoms with Crippen LogP contribution in [0.1, 0.15) is 12.0 Å². The number of rotatable bonds is 6. The number of carbonyl (C=O) groups is 1. The highest BCUT2D eigenvalue weighted by atomic mass is 19.4. The predicted molar refractivity (Wildman–Crippen MR) is 65.1 cm³/mol. The highest BCUT2D eigenvalue weighted by Crippen LogP contribution is 2.25. The van der Waals surface area contributed by atoms with Crippen molar-refractivity contribution in [1.82, 2.24) is 10.6 Å². The van der Waals surface area contributed by atoms with Crippen molar-refractivity contribution >= 4 is 6.03 Å². The zero-order valence-corrected chi connectivity index (χ0v) is 10.5. The number of hydrogen-bond acceptors (Lipinski definition) is 3. The molecule has 0 fully saturated rings. The topological polar surface area (TPSA) is 70.6 Å². The van der Waals surface area contributed by atoms with Gasteiger partial charge < -0.3 is 20.5 Å². The highest BCUT2D eigenvalue weighted by Gasteiger charge is 2.31. The number of amides is 2. The molecule has 1 aromatic carbocycles. The van der Waals surface area contributed by atoms with Crippen LogP contribution in [0.2, 0.25) is 0 Å². The van der Waals surface area contributed by atoms with Gasteiger partial charge in [-0.05, 0) is 12.5 Å². The Morgan fingerprint density at radius 1 is 1.25 bits per heavy atom. The Balaban J connectivity index is 2.53. The van der Waals surface area contributed by atoms with Crippen LogP contribution in [0.25, 0.3) is 0 Å². The first-order valence-electron chi connectivity index (χ1n) is 5.88. The van der Waals surface area contributed by atoms with E-state index in [1.807, 2.05) is 0 Å². The van der Waals surface area contributed by atoms with Crippen molar-refractivity contribution in [1.29, 1.82) is 0 Å². The third kappa shape index (κ3) is 6.28. The summed E-state index contributed by atoms with van der Waals surface area (Å²) in [5.41, 5.74) is 0.210. The van der Waals surface area contributed by atoms with Crippen LogP contribution >= 0.6 is 0 Å². The molecule has 0 unspecified atom stereocenters. The number of aliphatic hydroxyl groups excluding tert-OH is 1. The van der Waals surface area contributed by atoms with Gasteiger partial charge in [0.1, 0.15) is 5.75 Å². The van der Waals surface area contributed by atoms with Crippen LogP contribution in [0.4, 0.5) is 18.0 Å².